The molecule has 28 heavy (non-hydrogen) atoms. The summed E-state index contributed by atoms with van der Waals surface area (Å²) < 4.78 is 7.25. The van der Waals surface area contributed by atoms with Gasteiger partial charge in [0.15, 0.2) is 5.16 Å². The Morgan fingerprint density at radius 3 is 2.82 bits per heavy atom. The van der Waals surface area contributed by atoms with Crippen molar-refractivity contribution in [3.8, 4) is 0 Å². The molecule has 1 aliphatic carbocycles. The van der Waals surface area contributed by atoms with Gasteiger partial charge in [0.25, 0.3) is 5.56 Å². The molecule has 4 rings (SSSR count). The maximum atomic E-state index is 12.7. The minimum absolute atomic E-state index is 0.119. The number of thioether (sulfide) groups is 1. The highest BCUT2D eigenvalue weighted by molar-refractivity contribution is 7.99. The Kier molecular flexibility index (Phi) is 5.00. The van der Waals surface area contributed by atoms with Crippen LogP contribution in [0.3, 0.4) is 0 Å². The lowest BCUT2D eigenvalue weighted by Gasteiger charge is -2.11. The highest BCUT2D eigenvalue weighted by atomic mass is 32.2. The molecular weight excluding hydrogens is 398 g/mol. The number of hydrogen-bond donors (Lipinski definition) is 1. The van der Waals surface area contributed by atoms with Crippen molar-refractivity contribution in [1.29, 1.82) is 0 Å². The zero-order valence-corrected chi connectivity index (χ0v) is 17.7. The molecule has 10 heteroatoms. The molecule has 0 radical (unpaired) electrons. The van der Waals surface area contributed by atoms with Gasteiger partial charge in [-0.05, 0) is 46.1 Å². The van der Waals surface area contributed by atoms with Crippen molar-refractivity contribution < 1.29 is 9.53 Å². The normalized spacial score (nSPS) is 15.1. The zero-order valence-electron chi connectivity index (χ0n) is 16.1. The molecule has 1 saturated carbocycles. The Morgan fingerprint density at radius 1 is 1.39 bits per heavy atom. The summed E-state index contributed by atoms with van der Waals surface area (Å²) in [6.45, 7) is 7.72. The van der Waals surface area contributed by atoms with E-state index in [-0.39, 0.29) is 17.4 Å². The molecule has 0 saturated heterocycles. The summed E-state index contributed by atoms with van der Waals surface area (Å²) in [5.74, 6) is 1.05. The third-order valence-corrected chi connectivity index (χ3v) is 6.93. The van der Waals surface area contributed by atoms with Gasteiger partial charge in [-0.15, -0.1) is 21.5 Å². The number of aromatic amines is 1. The molecule has 0 amide bonds. The van der Waals surface area contributed by atoms with E-state index in [4.69, 9.17) is 4.74 Å². The molecule has 0 aromatic carbocycles. The molecule has 1 aliphatic rings. The van der Waals surface area contributed by atoms with Crippen molar-refractivity contribution in [2.75, 3.05) is 6.61 Å². The number of esters is 1. The predicted octanol–water partition coefficient (Wildman–Crippen LogP) is 3.56. The maximum Gasteiger partial charge on any atom is 0.348 e. The van der Waals surface area contributed by atoms with Crippen LogP contribution in [0, 0.1) is 13.8 Å². The number of carbonyl (C=O) groups is 1. The average molecular weight is 420 g/mol. The standard InChI is InChI=1S/C18H21N5O3S2/c1-5-26-17(25)13-8(2)12-15(24)19-14(20-16(12)28-13)9(3)27-18-22-21-10(4)23(18)11-6-7-11/h9,11H,5-7H2,1-4H3,(H,19,20,24)/t9-/m0/s1. The number of rotatable bonds is 6. The number of nitrogens with one attached hydrogen (secondary N) is 1. The number of hydrogen-bond acceptors (Lipinski definition) is 8. The van der Waals surface area contributed by atoms with E-state index in [1.807, 2.05) is 13.8 Å². The first-order chi connectivity index (χ1) is 13.4. The second-order valence-electron chi connectivity index (χ2n) is 6.80. The van der Waals surface area contributed by atoms with Gasteiger partial charge in [0, 0.05) is 6.04 Å². The number of fused-ring (bicyclic) bond motifs is 1. The number of aromatic nitrogens is 5. The first-order valence-electron chi connectivity index (χ1n) is 9.19. The largest absolute Gasteiger partial charge is 0.462 e. The fourth-order valence-electron chi connectivity index (χ4n) is 3.14. The van der Waals surface area contributed by atoms with E-state index >= 15 is 0 Å². The molecule has 3 heterocycles. The van der Waals surface area contributed by atoms with Gasteiger partial charge in [0.1, 0.15) is 21.4 Å². The van der Waals surface area contributed by atoms with Crippen LogP contribution in [0.4, 0.5) is 0 Å². The van der Waals surface area contributed by atoms with Crippen molar-refractivity contribution in [2.45, 2.75) is 57.0 Å². The molecule has 0 bridgehead atoms. The SMILES string of the molecule is CCOC(=O)c1sc2nc([C@H](C)Sc3nnc(C)n3C3CC3)[nH]c(=O)c2c1C. The van der Waals surface area contributed by atoms with Gasteiger partial charge in [-0.1, -0.05) is 11.8 Å². The zero-order chi connectivity index (χ0) is 20.0. The Labute approximate surface area is 169 Å². The summed E-state index contributed by atoms with van der Waals surface area (Å²) in [7, 11) is 0. The van der Waals surface area contributed by atoms with Gasteiger partial charge < -0.3 is 14.3 Å². The van der Waals surface area contributed by atoms with Crippen molar-refractivity contribution >= 4 is 39.3 Å². The second-order valence-corrected chi connectivity index (χ2v) is 9.11. The quantitative estimate of drug-likeness (QED) is 0.481. The van der Waals surface area contributed by atoms with E-state index in [2.05, 4.69) is 24.7 Å². The van der Waals surface area contributed by atoms with Crippen LogP contribution < -0.4 is 5.56 Å². The first-order valence-corrected chi connectivity index (χ1v) is 10.9. The fraction of sp³-hybridized carbons (Fsp3) is 0.500. The molecule has 1 fully saturated rings. The van der Waals surface area contributed by atoms with E-state index in [9.17, 15) is 9.59 Å². The van der Waals surface area contributed by atoms with Crippen molar-refractivity contribution in [3.63, 3.8) is 0 Å². The molecule has 0 spiro atoms. The predicted molar refractivity (Wildman–Crippen MR) is 108 cm³/mol. The molecule has 0 aliphatic heterocycles. The van der Waals surface area contributed by atoms with Gasteiger partial charge in [0.2, 0.25) is 0 Å². The average Bonchev–Trinajstić information content (AvgIpc) is 3.33. The Morgan fingerprint density at radius 2 is 2.14 bits per heavy atom. The number of ether oxygens (including phenoxy) is 1. The minimum atomic E-state index is -0.417. The van der Waals surface area contributed by atoms with Gasteiger partial charge in [0.05, 0.1) is 17.2 Å². The lowest BCUT2D eigenvalue weighted by Crippen LogP contribution is -2.13. The van der Waals surface area contributed by atoms with Crippen molar-refractivity contribution in [3.05, 3.63) is 32.4 Å². The molecule has 1 atom stereocenters. The number of H-pyrrole nitrogens is 1. The summed E-state index contributed by atoms with van der Waals surface area (Å²) in [6.07, 6.45) is 2.29. The van der Waals surface area contributed by atoms with Gasteiger partial charge in [-0.25, -0.2) is 9.78 Å². The van der Waals surface area contributed by atoms with Gasteiger partial charge in [-0.2, -0.15) is 0 Å². The summed E-state index contributed by atoms with van der Waals surface area (Å²) in [4.78, 5) is 33.3. The Bertz CT molecular complexity index is 1110. The molecular formula is C18H21N5O3S2. The van der Waals surface area contributed by atoms with Crippen molar-refractivity contribution in [1.82, 2.24) is 24.7 Å². The molecule has 148 valence electrons. The van der Waals surface area contributed by atoms with Crippen molar-refractivity contribution in [2.24, 2.45) is 0 Å². The van der Waals surface area contributed by atoms with Crippen LogP contribution in [0.5, 0.6) is 0 Å². The van der Waals surface area contributed by atoms with Crippen LogP contribution in [0.25, 0.3) is 10.2 Å². The Hall–Kier alpha value is -2.20. The van der Waals surface area contributed by atoms with E-state index in [1.165, 1.54) is 23.1 Å². The van der Waals surface area contributed by atoms with Crippen LogP contribution in [0.2, 0.25) is 0 Å². The number of aryl methyl sites for hydroxylation is 2. The summed E-state index contributed by atoms with van der Waals surface area (Å²) in [6, 6.07) is 0.478. The maximum absolute atomic E-state index is 12.7. The summed E-state index contributed by atoms with van der Waals surface area (Å²) in [5, 5.41) is 9.65. The third-order valence-electron chi connectivity index (χ3n) is 4.69. The molecule has 3 aromatic rings. The number of nitrogens with zero attached hydrogens (tertiary/aromatic N) is 4. The van der Waals surface area contributed by atoms with E-state index in [0.29, 0.717) is 32.5 Å². The molecule has 3 aromatic heterocycles. The lowest BCUT2D eigenvalue weighted by molar-refractivity contribution is 0.0531. The van der Waals surface area contributed by atoms with Crippen LogP contribution in [-0.2, 0) is 4.74 Å². The van der Waals surface area contributed by atoms with E-state index < -0.39 is 5.97 Å². The topological polar surface area (TPSA) is 103 Å². The molecule has 8 nitrogen and oxygen atoms in total. The van der Waals surface area contributed by atoms with Crippen LogP contribution in [0.1, 0.15) is 64.9 Å². The highest BCUT2D eigenvalue weighted by Crippen LogP contribution is 2.41. The third kappa shape index (κ3) is 3.35. The molecule has 0 unspecified atom stereocenters. The van der Waals surface area contributed by atoms with Gasteiger partial charge >= 0.3 is 5.97 Å². The highest BCUT2D eigenvalue weighted by Gasteiger charge is 2.29. The summed E-state index contributed by atoms with van der Waals surface area (Å²) in [5.41, 5.74) is 0.375. The van der Waals surface area contributed by atoms with Crippen LogP contribution in [0.15, 0.2) is 9.95 Å². The number of thiophene rings is 1. The Balaban J connectivity index is 1.67. The molecule has 1 N–H and O–H groups in total. The smallest absolute Gasteiger partial charge is 0.348 e. The first kappa shape index (κ1) is 19.1. The van der Waals surface area contributed by atoms with Gasteiger partial charge in [-0.3, -0.25) is 4.79 Å². The van der Waals surface area contributed by atoms with E-state index in [1.54, 1.807) is 13.8 Å². The van der Waals surface area contributed by atoms with Crippen LogP contribution >= 0.6 is 23.1 Å². The lowest BCUT2D eigenvalue weighted by atomic mass is 10.2. The second kappa shape index (κ2) is 7.32. The fourth-order valence-corrected chi connectivity index (χ4v) is 5.25. The summed E-state index contributed by atoms with van der Waals surface area (Å²) >= 11 is 2.72. The minimum Gasteiger partial charge on any atom is -0.462 e. The van der Waals surface area contributed by atoms with E-state index in [0.717, 1.165) is 23.8 Å². The number of carbonyl (C=O) groups excluding carboxylic acids is 1. The van der Waals surface area contributed by atoms with Crippen LogP contribution in [-0.4, -0.2) is 37.3 Å². The monoisotopic (exact) mass is 419 g/mol.